The number of nitrogens with zero attached hydrogens (tertiary/aromatic N) is 3. The van der Waals surface area contributed by atoms with E-state index in [0.29, 0.717) is 37.5 Å². The Morgan fingerprint density at radius 1 is 1.23 bits per heavy atom. The van der Waals surface area contributed by atoms with E-state index >= 15 is 0 Å². The number of imide groups is 1. The predicted molar refractivity (Wildman–Crippen MR) is 113 cm³/mol. The van der Waals surface area contributed by atoms with Gasteiger partial charge in [-0.25, -0.2) is 4.79 Å². The van der Waals surface area contributed by atoms with Gasteiger partial charge in [0.15, 0.2) is 0 Å². The molecule has 0 bridgehead atoms. The summed E-state index contributed by atoms with van der Waals surface area (Å²) in [6.07, 6.45) is 0.825. The van der Waals surface area contributed by atoms with Gasteiger partial charge >= 0.3 is 5.97 Å². The van der Waals surface area contributed by atoms with E-state index in [1.54, 1.807) is 24.3 Å². The lowest BCUT2D eigenvalue weighted by atomic mass is 9.82. The first kappa shape index (κ1) is 21.9. The molecule has 168 valence electrons. The fourth-order valence-corrected chi connectivity index (χ4v) is 4.98. The van der Waals surface area contributed by atoms with E-state index in [-0.39, 0.29) is 18.4 Å². The molecule has 1 N–H and O–H groups in total. The van der Waals surface area contributed by atoms with Crippen molar-refractivity contribution in [2.75, 3.05) is 33.3 Å². The Labute approximate surface area is 182 Å². The number of piperazine rings is 1. The third-order valence-corrected chi connectivity index (χ3v) is 6.73. The second-order valence-corrected chi connectivity index (χ2v) is 9.40. The first-order valence-electron chi connectivity index (χ1n) is 11.0. The number of hydrogen-bond donors (Lipinski definition) is 1. The largest absolute Gasteiger partial charge is 0.465 e. The van der Waals surface area contributed by atoms with E-state index in [1.165, 1.54) is 12.0 Å². The zero-order chi connectivity index (χ0) is 22.3. The summed E-state index contributed by atoms with van der Waals surface area (Å²) in [5.41, 5.74) is 0.454. The lowest BCUT2D eigenvalue weighted by molar-refractivity contribution is -0.180. The van der Waals surface area contributed by atoms with Crippen molar-refractivity contribution in [2.24, 2.45) is 5.92 Å². The number of likely N-dealkylation sites (tertiary alicyclic amines) is 1. The first-order valence-corrected chi connectivity index (χ1v) is 11.0. The highest BCUT2D eigenvalue weighted by Crippen LogP contribution is 2.41. The number of aliphatic hydroxyl groups excluding tert-OH is 1. The highest BCUT2D eigenvalue weighted by atomic mass is 16.5. The molecule has 3 aliphatic rings. The van der Waals surface area contributed by atoms with Gasteiger partial charge in [-0.05, 0) is 43.0 Å². The van der Waals surface area contributed by atoms with Crippen LogP contribution in [0.4, 0.5) is 0 Å². The Balaban J connectivity index is 1.54. The molecule has 4 rings (SSSR count). The van der Waals surface area contributed by atoms with Gasteiger partial charge in [0.25, 0.3) is 5.91 Å². The summed E-state index contributed by atoms with van der Waals surface area (Å²) in [5.74, 6) is -0.265. The number of carbonyl (C=O) groups is 3. The molecule has 0 radical (unpaired) electrons. The molecular formula is C23H31N3O5. The van der Waals surface area contributed by atoms with Gasteiger partial charge in [-0.15, -0.1) is 0 Å². The maximum atomic E-state index is 13.6. The number of amides is 2. The number of aliphatic hydroxyl groups is 1. The smallest absolute Gasteiger partial charge is 0.337 e. The van der Waals surface area contributed by atoms with Crippen LogP contribution in [0, 0.1) is 5.92 Å². The Hall–Kier alpha value is -2.29. The van der Waals surface area contributed by atoms with Gasteiger partial charge in [-0.3, -0.25) is 24.3 Å². The Bertz CT molecular complexity index is 862. The van der Waals surface area contributed by atoms with Crippen LogP contribution in [-0.4, -0.2) is 88.6 Å². The topological polar surface area (TPSA) is 90.4 Å². The number of rotatable bonds is 6. The van der Waals surface area contributed by atoms with E-state index in [4.69, 9.17) is 4.74 Å². The summed E-state index contributed by atoms with van der Waals surface area (Å²) in [6.45, 7) is 6.99. The maximum Gasteiger partial charge on any atom is 0.337 e. The molecular weight excluding hydrogens is 398 g/mol. The van der Waals surface area contributed by atoms with Crippen LogP contribution in [0.3, 0.4) is 0 Å². The zero-order valence-corrected chi connectivity index (χ0v) is 18.4. The van der Waals surface area contributed by atoms with Gasteiger partial charge in [-0.2, -0.15) is 0 Å². The number of benzene rings is 1. The monoisotopic (exact) mass is 429 g/mol. The summed E-state index contributed by atoms with van der Waals surface area (Å²) in [5, 5.41) is 10.3. The van der Waals surface area contributed by atoms with Crippen LogP contribution < -0.4 is 0 Å². The lowest BCUT2D eigenvalue weighted by Crippen LogP contribution is -2.81. The van der Waals surface area contributed by atoms with E-state index in [1.807, 2.05) is 4.90 Å². The summed E-state index contributed by atoms with van der Waals surface area (Å²) in [7, 11) is 1.33. The number of hydrogen-bond acceptors (Lipinski definition) is 7. The van der Waals surface area contributed by atoms with Crippen LogP contribution in [-0.2, 0) is 20.9 Å². The normalized spacial score (nSPS) is 25.8. The molecule has 3 aliphatic heterocycles. The number of carbonyl (C=O) groups excluding carboxylic acids is 3. The highest BCUT2D eigenvalue weighted by Gasteiger charge is 2.64. The van der Waals surface area contributed by atoms with Gasteiger partial charge in [0.05, 0.1) is 31.4 Å². The molecule has 1 spiro atoms. The van der Waals surface area contributed by atoms with Crippen molar-refractivity contribution < 1.29 is 24.2 Å². The van der Waals surface area contributed by atoms with Gasteiger partial charge in [-0.1, -0.05) is 26.0 Å². The second-order valence-electron chi connectivity index (χ2n) is 9.40. The molecule has 8 heteroatoms. The van der Waals surface area contributed by atoms with Crippen LogP contribution in [0.1, 0.15) is 42.6 Å². The van der Waals surface area contributed by atoms with Crippen molar-refractivity contribution >= 4 is 17.8 Å². The van der Waals surface area contributed by atoms with E-state index in [0.717, 1.165) is 18.5 Å². The molecule has 31 heavy (non-hydrogen) atoms. The number of methoxy groups -OCH3 is 1. The minimum absolute atomic E-state index is 0.160. The number of ether oxygens (including phenoxy) is 1. The quantitative estimate of drug-likeness (QED) is 0.530. The number of esters is 1. The summed E-state index contributed by atoms with van der Waals surface area (Å²) in [4.78, 5) is 44.0. The van der Waals surface area contributed by atoms with Gasteiger partial charge in [0, 0.05) is 19.6 Å². The SMILES string of the molecule is COC(=O)c1ccc(CN2C(=O)[C@@H]3C[C@@H](O)CN3C3(CN(CCC(C)C)C3)C2=O)cc1. The molecule has 2 atom stereocenters. The minimum atomic E-state index is -0.737. The maximum absolute atomic E-state index is 13.6. The lowest BCUT2D eigenvalue weighted by Gasteiger charge is -2.58. The molecule has 0 aromatic heterocycles. The molecule has 0 unspecified atom stereocenters. The van der Waals surface area contributed by atoms with Crippen LogP contribution >= 0.6 is 0 Å². The van der Waals surface area contributed by atoms with E-state index in [2.05, 4.69) is 18.7 Å². The molecule has 3 fully saturated rings. The molecule has 3 heterocycles. The Kier molecular flexibility index (Phi) is 5.89. The standard InChI is InChI=1S/C23H31N3O5/c1-15(2)8-9-24-13-23(14-24)22(30)25(20(28)19-10-18(27)12-26(19)23)11-16-4-6-17(7-5-16)21(29)31-3/h4-7,15,18-19,27H,8-14H2,1-3H3/t18-,19+/m1/s1. The van der Waals surface area contributed by atoms with Crippen LogP contribution in [0.5, 0.6) is 0 Å². The Morgan fingerprint density at radius 3 is 2.52 bits per heavy atom. The molecule has 0 saturated carbocycles. The molecule has 8 nitrogen and oxygen atoms in total. The Morgan fingerprint density at radius 2 is 1.90 bits per heavy atom. The van der Waals surface area contributed by atoms with Crippen LogP contribution in [0.15, 0.2) is 24.3 Å². The summed E-state index contributed by atoms with van der Waals surface area (Å²) in [6, 6.07) is 6.29. The average molecular weight is 430 g/mol. The average Bonchev–Trinajstić information content (AvgIpc) is 3.11. The second kappa shape index (κ2) is 8.33. The van der Waals surface area contributed by atoms with Gasteiger partial charge in [0.1, 0.15) is 5.54 Å². The van der Waals surface area contributed by atoms with Crippen LogP contribution in [0.25, 0.3) is 0 Å². The van der Waals surface area contributed by atoms with E-state index < -0.39 is 23.7 Å². The third kappa shape index (κ3) is 3.88. The van der Waals surface area contributed by atoms with Crippen molar-refractivity contribution in [3.05, 3.63) is 35.4 Å². The van der Waals surface area contributed by atoms with Crippen molar-refractivity contribution in [3.8, 4) is 0 Å². The fourth-order valence-electron chi connectivity index (χ4n) is 4.98. The predicted octanol–water partition coefficient (Wildman–Crippen LogP) is 0.878. The van der Waals surface area contributed by atoms with E-state index in [9.17, 15) is 19.5 Å². The summed E-state index contributed by atoms with van der Waals surface area (Å²) >= 11 is 0. The summed E-state index contributed by atoms with van der Waals surface area (Å²) < 4.78 is 4.72. The molecule has 3 saturated heterocycles. The van der Waals surface area contributed by atoms with Crippen molar-refractivity contribution in [3.63, 3.8) is 0 Å². The van der Waals surface area contributed by atoms with Gasteiger partial charge < -0.3 is 9.84 Å². The fraction of sp³-hybridized carbons (Fsp3) is 0.609. The zero-order valence-electron chi connectivity index (χ0n) is 18.4. The van der Waals surface area contributed by atoms with Crippen molar-refractivity contribution in [2.45, 2.75) is 50.9 Å². The minimum Gasteiger partial charge on any atom is -0.465 e. The molecule has 1 aromatic carbocycles. The van der Waals surface area contributed by atoms with Crippen LogP contribution in [0.2, 0.25) is 0 Å². The molecule has 0 aliphatic carbocycles. The highest BCUT2D eigenvalue weighted by molar-refractivity contribution is 6.06. The van der Waals surface area contributed by atoms with Gasteiger partial charge in [0.2, 0.25) is 5.91 Å². The first-order chi connectivity index (χ1) is 14.7. The number of β-amino-alcohol motifs (C(OH)–C–C–N with tert-alkyl or cyclic N) is 1. The molecule has 2 amide bonds. The number of fused-ring (bicyclic) bond motifs is 2. The third-order valence-electron chi connectivity index (χ3n) is 6.73. The molecule has 1 aromatic rings. The van der Waals surface area contributed by atoms with Crippen molar-refractivity contribution in [1.29, 1.82) is 0 Å². The van der Waals surface area contributed by atoms with Crippen molar-refractivity contribution in [1.82, 2.24) is 14.7 Å².